The van der Waals surface area contributed by atoms with Crippen molar-refractivity contribution < 1.29 is 19.3 Å². The predicted octanol–water partition coefficient (Wildman–Crippen LogP) is 2.03. The van der Waals surface area contributed by atoms with Crippen LogP contribution in [0.1, 0.15) is 24.1 Å². The number of quaternary nitrogens is 1. The zero-order valence-electron chi connectivity index (χ0n) is 15.1. The zero-order chi connectivity index (χ0) is 19.6. The van der Waals surface area contributed by atoms with E-state index < -0.39 is 17.9 Å². The van der Waals surface area contributed by atoms with Gasteiger partial charge in [0.2, 0.25) is 11.8 Å². The first-order chi connectivity index (χ1) is 13.5. The highest BCUT2D eigenvalue weighted by atomic mass is 35.5. The van der Waals surface area contributed by atoms with Crippen LogP contribution in [0.4, 0.5) is 5.69 Å². The summed E-state index contributed by atoms with van der Waals surface area (Å²) in [4.78, 5) is 41.4. The summed E-state index contributed by atoms with van der Waals surface area (Å²) in [5.41, 5.74) is 2.54. The quantitative estimate of drug-likeness (QED) is 0.794. The van der Waals surface area contributed by atoms with Gasteiger partial charge in [0.05, 0.1) is 11.9 Å². The van der Waals surface area contributed by atoms with Crippen molar-refractivity contribution >= 4 is 41.0 Å². The monoisotopic (exact) mass is 393 g/mol. The standard InChI is InChI=1S/C22H17ClN2O3/c1-12(26)19-17-18(20-16-5-3-2-4-13(16)10-11-24(19)20)22(28)25(21(17)27)15-8-6-14(23)7-9-15/h2-11,17-20H,1H3/p+1/t17-,18+,19-,20-/m1/s1. The SMILES string of the molecule is CC(=O)[C@@H]1[C@@H]2C(=O)N(c3ccc(Cl)cc3)C(=O)[C@@H]2[C@H]2c3ccccc3C=C[NH+]12. The molecule has 3 aliphatic heterocycles. The number of halogens is 1. The molecule has 2 aromatic carbocycles. The van der Waals surface area contributed by atoms with Gasteiger partial charge >= 0.3 is 0 Å². The van der Waals surface area contributed by atoms with Gasteiger partial charge in [-0.2, -0.15) is 0 Å². The van der Waals surface area contributed by atoms with Gasteiger partial charge in [-0.15, -0.1) is 0 Å². The number of nitrogens with one attached hydrogen (secondary N) is 1. The van der Waals surface area contributed by atoms with E-state index in [2.05, 4.69) is 0 Å². The number of anilines is 1. The van der Waals surface area contributed by atoms with Crippen molar-refractivity contribution in [1.29, 1.82) is 0 Å². The predicted molar refractivity (Wildman–Crippen MR) is 105 cm³/mol. The molecule has 5 atom stereocenters. The molecule has 6 heteroatoms. The molecule has 3 heterocycles. The van der Waals surface area contributed by atoms with Gasteiger partial charge in [-0.1, -0.05) is 35.9 Å². The third-order valence-corrected chi connectivity index (χ3v) is 6.40. The van der Waals surface area contributed by atoms with Crippen LogP contribution in [0.15, 0.2) is 54.7 Å². The number of ketones is 1. The maximum atomic E-state index is 13.4. The molecular formula is C22H18ClN2O3+. The molecule has 2 saturated heterocycles. The van der Waals surface area contributed by atoms with E-state index in [4.69, 9.17) is 11.6 Å². The number of benzene rings is 2. The summed E-state index contributed by atoms with van der Waals surface area (Å²) in [7, 11) is 0. The van der Waals surface area contributed by atoms with Gasteiger partial charge < -0.3 is 0 Å². The molecule has 0 bridgehead atoms. The minimum Gasteiger partial charge on any atom is -0.293 e. The molecule has 2 aromatic rings. The van der Waals surface area contributed by atoms with E-state index >= 15 is 0 Å². The average Bonchev–Trinajstić information content (AvgIpc) is 3.16. The molecule has 5 rings (SSSR count). The van der Waals surface area contributed by atoms with Gasteiger partial charge in [-0.25, -0.2) is 4.90 Å². The molecule has 1 N–H and O–H groups in total. The van der Waals surface area contributed by atoms with Gasteiger partial charge in [-0.3, -0.25) is 19.3 Å². The Bertz CT molecular complexity index is 1050. The maximum absolute atomic E-state index is 13.4. The van der Waals surface area contributed by atoms with E-state index in [1.165, 1.54) is 11.8 Å². The molecule has 3 aliphatic rings. The first kappa shape index (κ1) is 17.3. The number of fused-ring (bicyclic) bond motifs is 5. The number of nitrogens with zero attached hydrogens (tertiary/aromatic N) is 1. The van der Waals surface area contributed by atoms with Crippen LogP contribution in [0.3, 0.4) is 0 Å². The number of imide groups is 1. The molecule has 0 radical (unpaired) electrons. The number of amides is 2. The Hall–Kier alpha value is -2.76. The molecule has 2 amide bonds. The Morgan fingerprint density at radius 3 is 2.39 bits per heavy atom. The lowest BCUT2D eigenvalue weighted by atomic mass is 9.84. The van der Waals surface area contributed by atoms with Gasteiger partial charge in [-0.05, 0) is 35.9 Å². The highest BCUT2D eigenvalue weighted by Crippen LogP contribution is 2.44. The van der Waals surface area contributed by atoms with Gasteiger partial charge in [0, 0.05) is 17.5 Å². The number of Topliss-reactive ketones (excluding diaryl/α,β-unsaturated/α-hetero) is 1. The van der Waals surface area contributed by atoms with Crippen molar-refractivity contribution in [2.24, 2.45) is 11.8 Å². The number of hydrogen-bond donors (Lipinski definition) is 1. The van der Waals surface area contributed by atoms with Crippen LogP contribution in [-0.2, 0) is 14.4 Å². The second-order valence-electron chi connectivity index (χ2n) is 7.57. The first-order valence-electron chi connectivity index (χ1n) is 9.26. The van der Waals surface area contributed by atoms with Crippen molar-refractivity contribution in [1.82, 2.24) is 0 Å². The molecule has 5 nitrogen and oxygen atoms in total. The molecule has 0 aliphatic carbocycles. The van der Waals surface area contributed by atoms with Crippen molar-refractivity contribution in [2.75, 3.05) is 4.90 Å². The van der Waals surface area contributed by atoms with Crippen LogP contribution in [-0.4, -0.2) is 23.6 Å². The molecular weight excluding hydrogens is 376 g/mol. The Morgan fingerprint density at radius 2 is 1.68 bits per heavy atom. The van der Waals surface area contributed by atoms with E-state index in [0.29, 0.717) is 10.7 Å². The third-order valence-electron chi connectivity index (χ3n) is 6.14. The molecule has 140 valence electrons. The second-order valence-corrected chi connectivity index (χ2v) is 8.00. The van der Waals surface area contributed by atoms with Gasteiger partial charge in [0.15, 0.2) is 11.8 Å². The Kier molecular flexibility index (Phi) is 3.79. The zero-order valence-corrected chi connectivity index (χ0v) is 15.9. The van der Waals surface area contributed by atoms with Gasteiger partial charge in [0.25, 0.3) is 0 Å². The van der Waals surface area contributed by atoms with Crippen molar-refractivity contribution in [3.05, 3.63) is 70.9 Å². The molecule has 28 heavy (non-hydrogen) atoms. The number of rotatable bonds is 2. The highest BCUT2D eigenvalue weighted by Gasteiger charge is 2.67. The molecule has 0 saturated carbocycles. The summed E-state index contributed by atoms with van der Waals surface area (Å²) >= 11 is 5.96. The van der Waals surface area contributed by atoms with E-state index in [0.717, 1.165) is 16.0 Å². The number of carbonyl (C=O) groups is 3. The Labute approximate surface area is 167 Å². The van der Waals surface area contributed by atoms with Crippen LogP contribution in [0.25, 0.3) is 6.08 Å². The fourth-order valence-corrected chi connectivity index (χ4v) is 5.19. The minimum absolute atomic E-state index is 0.0735. The van der Waals surface area contributed by atoms with Crippen molar-refractivity contribution in [3.8, 4) is 0 Å². The van der Waals surface area contributed by atoms with E-state index in [1.807, 2.05) is 36.5 Å². The highest BCUT2D eigenvalue weighted by molar-refractivity contribution is 6.31. The van der Waals surface area contributed by atoms with Crippen LogP contribution >= 0.6 is 11.6 Å². The van der Waals surface area contributed by atoms with Gasteiger partial charge in [0.1, 0.15) is 17.9 Å². The summed E-state index contributed by atoms with van der Waals surface area (Å²) in [5, 5.41) is 0.534. The number of hydrogen-bond acceptors (Lipinski definition) is 3. The van der Waals surface area contributed by atoms with E-state index in [9.17, 15) is 14.4 Å². The molecule has 0 aromatic heterocycles. The lowest BCUT2D eigenvalue weighted by molar-refractivity contribution is -0.884. The third kappa shape index (κ3) is 2.26. The fourth-order valence-electron chi connectivity index (χ4n) is 5.07. The van der Waals surface area contributed by atoms with E-state index in [1.54, 1.807) is 24.3 Å². The summed E-state index contributed by atoms with van der Waals surface area (Å²) < 4.78 is 0. The molecule has 1 unspecified atom stereocenters. The summed E-state index contributed by atoms with van der Waals surface area (Å²) in [6.45, 7) is 1.51. The summed E-state index contributed by atoms with van der Waals surface area (Å²) in [5.74, 6) is -1.83. The second kappa shape index (κ2) is 6.12. The first-order valence-corrected chi connectivity index (χ1v) is 9.64. The topological polar surface area (TPSA) is 58.9 Å². The van der Waals surface area contributed by atoms with Crippen molar-refractivity contribution in [3.63, 3.8) is 0 Å². The Morgan fingerprint density at radius 1 is 1.00 bits per heavy atom. The van der Waals surface area contributed by atoms with Crippen molar-refractivity contribution in [2.45, 2.75) is 19.0 Å². The average molecular weight is 394 g/mol. The number of carbonyl (C=O) groups excluding carboxylic acids is 3. The summed E-state index contributed by atoms with van der Waals surface area (Å²) in [6, 6.07) is 13.7. The largest absolute Gasteiger partial charge is 0.293 e. The lowest BCUT2D eigenvalue weighted by Crippen LogP contribution is -3.12. The minimum atomic E-state index is -0.656. The molecule has 0 spiro atoms. The molecule has 2 fully saturated rings. The van der Waals surface area contributed by atoms with E-state index in [-0.39, 0.29) is 23.6 Å². The van der Waals surface area contributed by atoms with Crippen LogP contribution in [0.5, 0.6) is 0 Å². The summed E-state index contributed by atoms with van der Waals surface area (Å²) in [6.07, 6.45) is 3.91. The normalized spacial score (nSPS) is 30.2. The smallest absolute Gasteiger partial charge is 0.244 e. The fraction of sp³-hybridized carbons (Fsp3) is 0.227. The lowest BCUT2D eigenvalue weighted by Gasteiger charge is -2.30. The van der Waals surface area contributed by atoms with Crippen LogP contribution in [0, 0.1) is 11.8 Å². The van der Waals surface area contributed by atoms with Crippen LogP contribution in [0.2, 0.25) is 5.02 Å². The van der Waals surface area contributed by atoms with Crippen LogP contribution < -0.4 is 9.80 Å². The maximum Gasteiger partial charge on any atom is 0.244 e. The Balaban J connectivity index is 1.65.